The predicted octanol–water partition coefficient (Wildman–Crippen LogP) is 3.34. The van der Waals surface area contributed by atoms with E-state index in [-0.39, 0.29) is 0 Å². The van der Waals surface area contributed by atoms with E-state index in [0.717, 1.165) is 23.0 Å². The molecule has 0 aliphatic rings. The Labute approximate surface area is 101 Å². The summed E-state index contributed by atoms with van der Waals surface area (Å²) < 4.78 is 0. The Morgan fingerprint density at radius 2 is 2.38 bits per heavy atom. The average Bonchev–Trinajstić information content (AvgIpc) is 2.24. The highest BCUT2D eigenvalue weighted by molar-refractivity contribution is 7.98. The van der Waals surface area contributed by atoms with E-state index in [4.69, 9.17) is 5.26 Å². The molecule has 1 aromatic rings. The minimum absolute atomic E-state index is 0.606. The number of aromatic nitrogens is 1. The maximum atomic E-state index is 8.42. The van der Waals surface area contributed by atoms with Crippen LogP contribution in [-0.4, -0.2) is 16.4 Å². The molecule has 3 nitrogen and oxygen atoms in total. The summed E-state index contributed by atoms with van der Waals surface area (Å²) >= 11 is 1.76. The Morgan fingerprint density at radius 1 is 1.56 bits per heavy atom. The van der Waals surface area contributed by atoms with Crippen molar-refractivity contribution in [2.24, 2.45) is 4.99 Å². The lowest BCUT2D eigenvalue weighted by Gasteiger charge is -2.01. The fraction of sp³-hybridized carbons (Fsp3) is 0.417. The molecule has 0 bridgehead atoms. The lowest BCUT2D eigenvalue weighted by Crippen LogP contribution is -1.86. The highest BCUT2D eigenvalue weighted by Crippen LogP contribution is 2.16. The second-order valence-electron chi connectivity index (χ2n) is 3.54. The zero-order valence-electron chi connectivity index (χ0n) is 9.60. The van der Waals surface area contributed by atoms with E-state index < -0.39 is 0 Å². The summed E-state index contributed by atoms with van der Waals surface area (Å²) in [5, 5.41) is 8.42. The van der Waals surface area contributed by atoms with Crippen LogP contribution in [0, 0.1) is 11.3 Å². The molecule has 0 unspecified atom stereocenters. The zero-order chi connectivity index (χ0) is 11.8. The molecule has 0 atom stereocenters. The smallest absolute Gasteiger partial charge is 0.151 e. The van der Waals surface area contributed by atoms with Crippen LogP contribution in [-0.2, 0) is 5.75 Å². The van der Waals surface area contributed by atoms with Crippen molar-refractivity contribution in [2.75, 3.05) is 5.75 Å². The molecule has 0 aromatic carbocycles. The highest BCUT2D eigenvalue weighted by atomic mass is 32.2. The second kappa shape index (κ2) is 7.02. The van der Waals surface area contributed by atoms with Gasteiger partial charge in [0.2, 0.25) is 0 Å². The van der Waals surface area contributed by atoms with Crippen molar-refractivity contribution in [2.45, 2.75) is 26.0 Å². The molecule has 0 N–H and O–H groups in total. The van der Waals surface area contributed by atoms with Gasteiger partial charge in [-0.1, -0.05) is 0 Å². The lowest BCUT2D eigenvalue weighted by atomic mass is 10.3. The minimum Gasteiger partial charge on any atom is -0.239 e. The van der Waals surface area contributed by atoms with Crippen molar-refractivity contribution in [3.8, 4) is 6.07 Å². The van der Waals surface area contributed by atoms with Gasteiger partial charge in [0.25, 0.3) is 0 Å². The van der Waals surface area contributed by atoms with Gasteiger partial charge in [-0.05, 0) is 31.5 Å². The van der Waals surface area contributed by atoms with Crippen molar-refractivity contribution in [3.63, 3.8) is 0 Å². The molecule has 16 heavy (non-hydrogen) atoms. The Morgan fingerprint density at radius 3 is 3.06 bits per heavy atom. The molecular weight excluding hydrogens is 218 g/mol. The number of aliphatic imine (C=N–C) groups is 1. The summed E-state index contributed by atoms with van der Waals surface area (Å²) in [7, 11) is 0. The molecule has 0 radical (unpaired) electrons. The standard InChI is InChI=1S/C12H15N3S/c1-10(2)15-12-8-11(4-6-14-12)9-16-7-3-5-13/h4,6,8H,3,7,9H2,1-2H3. The molecule has 1 rings (SSSR count). The first-order valence-corrected chi connectivity index (χ1v) is 6.29. The van der Waals surface area contributed by atoms with Gasteiger partial charge in [0.05, 0.1) is 6.07 Å². The average molecular weight is 233 g/mol. The number of nitrogens with zero attached hydrogens (tertiary/aromatic N) is 3. The van der Waals surface area contributed by atoms with Crippen LogP contribution in [0.25, 0.3) is 0 Å². The number of rotatable bonds is 5. The summed E-state index contributed by atoms with van der Waals surface area (Å²) in [5.74, 6) is 2.55. The number of pyridine rings is 1. The fourth-order valence-electron chi connectivity index (χ4n) is 1.15. The summed E-state index contributed by atoms with van der Waals surface area (Å²) in [6.45, 7) is 3.91. The van der Waals surface area contributed by atoms with Crippen molar-refractivity contribution >= 4 is 23.3 Å². The van der Waals surface area contributed by atoms with Gasteiger partial charge in [-0.2, -0.15) is 17.0 Å². The van der Waals surface area contributed by atoms with Crippen molar-refractivity contribution in [1.29, 1.82) is 5.26 Å². The SMILES string of the molecule is CC(C)=Nc1cc(CSCCC#N)ccn1. The number of hydrogen-bond donors (Lipinski definition) is 0. The second-order valence-corrected chi connectivity index (χ2v) is 4.65. The molecule has 0 saturated heterocycles. The van der Waals surface area contributed by atoms with Crippen molar-refractivity contribution in [1.82, 2.24) is 4.98 Å². The molecule has 1 aromatic heterocycles. The zero-order valence-corrected chi connectivity index (χ0v) is 10.4. The van der Waals surface area contributed by atoms with Gasteiger partial charge in [-0.3, -0.25) is 0 Å². The largest absolute Gasteiger partial charge is 0.239 e. The Hall–Kier alpha value is -1.34. The maximum absolute atomic E-state index is 8.42. The van der Waals surface area contributed by atoms with E-state index in [0.29, 0.717) is 6.42 Å². The van der Waals surface area contributed by atoms with Crippen LogP contribution < -0.4 is 0 Å². The Balaban J connectivity index is 2.55. The molecule has 0 aliphatic carbocycles. The summed E-state index contributed by atoms with van der Waals surface area (Å²) in [6.07, 6.45) is 2.39. The third kappa shape index (κ3) is 4.94. The van der Waals surface area contributed by atoms with E-state index in [1.54, 1.807) is 18.0 Å². The monoisotopic (exact) mass is 233 g/mol. The predicted molar refractivity (Wildman–Crippen MR) is 69.1 cm³/mol. The van der Waals surface area contributed by atoms with Crippen molar-refractivity contribution in [3.05, 3.63) is 23.9 Å². The third-order valence-electron chi connectivity index (χ3n) is 1.78. The van der Waals surface area contributed by atoms with Gasteiger partial charge in [0.15, 0.2) is 5.82 Å². The molecule has 0 spiro atoms. The first kappa shape index (κ1) is 12.7. The summed E-state index contributed by atoms with van der Waals surface area (Å²) in [4.78, 5) is 8.48. The highest BCUT2D eigenvalue weighted by Gasteiger charge is 1.96. The van der Waals surface area contributed by atoms with Gasteiger partial charge in [-0.15, -0.1) is 0 Å². The van der Waals surface area contributed by atoms with Crippen LogP contribution >= 0.6 is 11.8 Å². The van der Waals surface area contributed by atoms with Gasteiger partial charge >= 0.3 is 0 Å². The number of hydrogen-bond acceptors (Lipinski definition) is 4. The molecular formula is C12H15N3S. The third-order valence-corrected chi connectivity index (χ3v) is 2.81. The molecule has 0 saturated carbocycles. The Kier molecular flexibility index (Phi) is 5.58. The van der Waals surface area contributed by atoms with E-state index >= 15 is 0 Å². The topological polar surface area (TPSA) is 49.0 Å². The number of thioether (sulfide) groups is 1. The Bertz CT molecular complexity index is 403. The van der Waals surface area contributed by atoms with E-state index in [1.807, 2.05) is 26.0 Å². The van der Waals surface area contributed by atoms with Crippen LogP contribution in [0.5, 0.6) is 0 Å². The molecule has 4 heteroatoms. The van der Waals surface area contributed by atoms with Gasteiger partial charge in [0, 0.05) is 29.8 Å². The number of nitriles is 1. The van der Waals surface area contributed by atoms with Gasteiger partial charge < -0.3 is 0 Å². The van der Waals surface area contributed by atoms with E-state index in [9.17, 15) is 0 Å². The molecule has 0 aliphatic heterocycles. The van der Waals surface area contributed by atoms with Gasteiger partial charge in [-0.25, -0.2) is 9.98 Å². The summed E-state index contributed by atoms with van der Waals surface area (Å²) in [6, 6.07) is 6.12. The normalized spacial score (nSPS) is 9.56. The first-order valence-electron chi connectivity index (χ1n) is 5.14. The van der Waals surface area contributed by atoms with E-state index in [2.05, 4.69) is 16.0 Å². The van der Waals surface area contributed by atoms with Crippen molar-refractivity contribution < 1.29 is 0 Å². The molecule has 0 fully saturated rings. The first-order chi connectivity index (χ1) is 7.72. The molecule has 0 amide bonds. The van der Waals surface area contributed by atoms with Crippen LogP contribution in [0.3, 0.4) is 0 Å². The van der Waals surface area contributed by atoms with Crippen LogP contribution in [0.15, 0.2) is 23.3 Å². The van der Waals surface area contributed by atoms with E-state index in [1.165, 1.54) is 5.56 Å². The maximum Gasteiger partial charge on any atom is 0.151 e. The van der Waals surface area contributed by atoms with Crippen LogP contribution in [0.1, 0.15) is 25.8 Å². The van der Waals surface area contributed by atoms with Crippen LogP contribution in [0.4, 0.5) is 5.82 Å². The lowest BCUT2D eigenvalue weighted by molar-refractivity contribution is 1.21. The van der Waals surface area contributed by atoms with Gasteiger partial charge in [0.1, 0.15) is 0 Å². The van der Waals surface area contributed by atoms with Crippen LogP contribution in [0.2, 0.25) is 0 Å². The quantitative estimate of drug-likeness (QED) is 0.579. The fourth-order valence-corrected chi connectivity index (χ4v) is 1.94. The molecule has 84 valence electrons. The minimum atomic E-state index is 0.606. The summed E-state index contributed by atoms with van der Waals surface area (Å²) in [5.41, 5.74) is 2.21. The molecule has 1 heterocycles.